The molecular weight excluding hydrogens is 258 g/mol. The van der Waals surface area contributed by atoms with Gasteiger partial charge >= 0.3 is 0 Å². The lowest BCUT2D eigenvalue weighted by Crippen LogP contribution is -2.26. The molecule has 1 atom stereocenters. The molecule has 2 N–H and O–H groups in total. The predicted molar refractivity (Wildman–Crippen MR) is 77.0 cm³/mol. The van der Waals surface area contributed by atoms with Crippen LogP contribution in [0.15, 0.2) is 18.2 Å². The van der Waals surface area contributed by atoms with Crippen molar-refractivity contribution in [1.29, 1.82) is 0 Å². The Morgan fingerprint density at radius 1 is 1.25 bits per heavy atom. The third-order valence-corrected chi connectivity index (χ3v) is 3.10. The zero-order chi connectivity index (χ0) is 15.0. The van der Waals surface area contributed by atoms with Gasteiger partial charge in [0.05, 0.1) is 20.3 Å². The van der Waals surface area contributed by atoms with Gasteiger partial charge in [0.2, 0.25) is 5.91 Å². The summed E-state index contributed by atoms with van der Waals surface area (Å²) in [5.41, 5.74) is 0.957. The average Bonchev–Trinajstić information content (AvgIpc) is 2.46. The van der Waals surface area contributed by atoms with Gasteiger partial charge in [-0.15, -0.1) is 0 Å². The maximum absolute atomic E-state index is 11.7. The number of hydrogen-bond acceptors (Lipinski definition) is 4. The quantitative estimate of drug-likeness (QED) is 0.716. The van der Waals surface area contributed by atoms with Gasteiger partial charge in [-0.1, -0.05) is 6.07 Å². The summed E-state index contributed by atoms with van der Waals surface area (Å²) < 4.78 is 10.4. The Balaban J connectivity index is 2.63. The Hall–Kier alpha value is -1.75. The van der Waals surface area contributed by atoms with Crippen LogP contribution < -0.4 is 14.8 Å². The van der Waals surface area contributed by atoms with Gasteiger partial charge in [-0.05, 0) is 37.5 Å². The van der Waals surface area contributed by atoms with E-state index in [1.165, 1.54) is 0 Å². The van der Waals surface area contributed by atoms with Crippen molar-refractivity contribution in [3.05, 3.63) is 23.8 Å². The number of carbonyl (C=O) groups excluding carboxylic acids is 1. The minimum Gasteiger partial charge on any atom is -0.493 e. The van der Waals surface area contributed by atoms with Crippen LogP contribution in [0.3, 0.4) is 0 Å². The first-order valence-corrected chi connectivity index (χ1v) is 6.74. The minimum absolute atomic E-state index is 0.0132. The highest BCUT2D eigenvalue weighted by atomic mass is 16.5. The molecule has 0 saturated heterocycles. The number of amides is 1. The van der Waals surface area contributed by atoms with Crippen LogP contribution in [0.2, 0.25) is 0 Å². The van der Waals surface area contributed by atoms with E-state index in [2.05, 4.69) is 5.32 Å². The van der Waals surface area contributed by atoms with Gasteiger partial charge in [0.15, 0.2) is 11.5 Å². The van der Waals surface area contributed by atoms with Crippen molar-refractivity contribution in [2.45, 2.75) is 32.2 Å². The molecule has 0 aliphatic rings. The SMILES string of the molecule is COc1ccc(C(C)NC(=O)CCCCO)cc1OC. The Morgan fingerprint density at radius 3 is 2.55 bits per heavy atom. The van der Waals surface area contributed by atoms with E-state index in [1.807, 2.05) is 25.1 Å². The number of unbranched alkanes of at least 4 members (excludes halogenated alkanes) is 1. The van der Waals surface area contributed by atoms with Crippen molar-refractivity contribution in [2.24, 2.45) is 0 Å². The summed E-state index contributed by atoms with van der Waals surface area (Å²) in [5.74, 6) is 1.30. The molecule has 0 saturated carbocycles. The largest absolute Gasteiger partial charge is 0.493 e. The molecule has 1 unspecified atom stereocenters. The first-order chi connectivity index (χ1) is 9.62. The molecule has 0 aliphatic carbocycles. The first kappa shape index (κ1) is 16.3. The summed E-state index contributed by atoms with van der Waals surface area (Å²) in [4.78, 5) is 11.7. The normalized spacial score (nSPS) is 11.8. The maximum Gasteiger partial charge on any atom is 0.220 e. The van der Waals surface area contributed by atoms with Crippen molar-refractivity contribution in [3.63, 3.8) is 0 Å². The number of aliphatic hydroxyl groups excluding tert-OH is 1. The molecule has 1 rings (SSSR count). The highest BCUT2D eigenvalue weighted by molar-refractivity contribution is 5.76. The van der Waals surface area contributed by atoms with Crippen LogP contribution in [0.25, 0.3) is 0 Å². The molecule has 0 heterocycles. The fourth-order valence-corrected chi connectivity index (χ4v) is 1.92. The van der Waals surface area contributed by atoms with E-state index in [-0.39, 0.29) is 18.6 Å². The van der Waals surface area contributed by atoms with Crippen molar-refractivity contribution in [3.8, 4) is 11.5 Å². The molecule has 5 heteroatoms. The molecule has 112 valence electrons. The zero-order valence-corrected chi connectivity index (χ0v) is 12.3. The predicted octanol–water partition coefficient (Wildman–Crippen LogP) is 2.04. The number of carbonyl (C=O) groups is 1. The van der Waals surface area contributed by atoms with Gasteiger partial charge in [0, 0.05) is 13.0 Å². The molecule has 0 spiro atoms. The van der Waals surface area contributed by atoms with Crippen LogP contribution >= 0.6 is 0 Å². The number of aliphatic hydroxyl groups is 1. The lowest BCUT2D eigenvalue weighted by Gasteiger charge is -2.16. The monoisotopic (exact) mass is 281 g/mol. The average molecular weight is 281 g/mol. The number of ether oxygens (including phenoxy) is 2. The van der Waals surface area contributed by atoms with Crippen LogP contribution in [-0.4, -0.2) is 31.8 Å². The van der Waals surface area contributed by atoms with Gasteiger partial charge in [-0.3, -0.25) is 4.79 Å². The van der Waals surface area contributed by atoms with E-state index < -0.39 is 0 Å². The molecule has 0 fully saturated rings. The summed E-state index contributed by atoms with van der Waals surface area (Å²) >= 11 is 0. The van der Waals surface area contributed by atoms with E-state index in [4.69, 9.17) is 14.6 Å². The molecule has 20 heavy (non-hydrogen) atoms. The zero-order valence-electron chi connectivity index (χ0n) is 12.3. The van der Waals surface area contributed by atoms with Gasteiger partial charge < -0.3 is 19.9 Å². The molecule has 0 bridgehead atoms. The second-order valence-electron chi connectivity index (χ2n) is 4.58. The molecule has 1 amide bonds. The molecule has 5 nitrogen and oxygen atoms in total. The van der Waals surface area contributed by atoms with Crippen LogP contribution in [0.4, 0.5) is 0 Å². The molecule has 1 aromatic rings. The van der Waals surface area contributed by atoms with E-state index in [9.17, 15) is 4.79 Å². The Kier molecular flexibility index (Phi) is 6.87. The Labute approximate surface area is 119 Å². The van der Waals surface area contributed by atoms with Gasteiger partial charge in [-0.25, -0.2) is 0 Å². The van der Waals surface area contributed by atoms with Gasteiger partial charge in [0.25, 0.3) is 0 Å². The standard InChI is InChI=1S/C15H23NO4/c1-11(16-15(18)6-4-5-9-17)12-7-8-13(19-2)14(10-12)20-3/h7-8,10-11,17H,4-6,9H2,1-3H3,(H,16,18). The second-order valence-corrected chi connectivity index (χ2v) is 4.58. The Morgan fingerprint density at radius 2 is 1.95 bits per heavy atom. The molecule has 1 aromatic carbocycles. The summed E-state index contributed by atoms with van der Waals surface area (Å²) in [6.07, 6.45) is 1.78. The third-order valence-electron chi connectivity index (χ3n) is 3.10. The summed E-state index contributed by atoms with van der Waals surface area (Å²) in [6.45, 7) is 2.05. The van der Waals surface area contributed by atoms with Crippen molar-refractivity contribution in [2.75, 3.05) is 20.8 Å². The number of benzene rings is 1. The van der Waals surface area contributed by atoms with Crippen molar-refractivity contribution >= 4 is 5.91 Å². The summed E-state index contributed by atoms with van der Waals surface area (Å²) in [6, 6.07) is 5.48. The lowest BCUT2D eigenvalue weighted by molar-refractivity contribution is -0.121. The fourth-order valence-electron chi connectivity index (χ4n) is 1.92. The molecule has 0 aliphatic heterocycles. The number of hydrogen-bond donors (Lipinski definition) is 2. The number of rotatable bonds is 8. The van der Waals surface area contributed by atoms with Crippen LogP contribution in [0.5, 0.6) is 11.5 Å². The van der Waals surface area contributed by atoms with Gasteiger partial charge in [0.1, 0.15) is 0 Å². The molecule has 0 aromatic heterocycles. The second kappa shape index (κ2) is 8.43. The Bertz CT molecular complexity index is 434. The first-order valence-electron chi connectivity index (χ1n) is 6.74. The lowest BCUT2D eigenvalue weighted by atomic mass is 10.1. The van der Waals surface area contributed by atoms with Crippen LogP contribution in [-0.2, 0) is 4.79 Å². The van der Waals surface area contributed by atoms with Crippen molar-refractivity contribution < 1.29 is 19.4 Å². The highest BCUT2D eigenvalue weighted by Crippen LogP contribution is 2.29. The number of nitrogens with one attached hydrogen (secondary N) is 1. The summed E-state index contributed by atoms with van der Waals surface area (Å²) in [5, 5.41) is 11.6. The van der Waals surface area contributed by atoms with Crippen LogP contribution in [0, 0.1) is 0 Å². The minimum atomic E-state index is -0.101. The van der Waals surface area contributed by atoms with Crippen molar-refractivity contribution in [1.82, 2.24) is 5.32 Å². The topological polar surface area (TPSA) is 67.8 Å². The smallest absolute Gasteiger partial charge is 0.220 e. The fraction of sp³-hybridized carbons (Fsp3) is 0.533. The van der Waals surface area contributed by atoms with E-state index in [1.54, 1.807) is 14.2 Å². The third kappa shape index (κ3) is 4.74. The van der Waals surface area contributed by atoms with Gasteiger partial charge in [-0.2, -0.15) is 0 Å². The van der Waals surface area contributed by atoms with Crippen LogP contribution in [0.1, 0.15) is 37.8 Å². The summed E-state index contributed by atoms with van der Waals surface area (Å²) in [7, 11) is 3.17. The molecule has 0 radical (unpaired) electrons. The van der Waals surface area contributed by atoms with E-state index >= 15 is 0 Å². The number of methoxy groups -OCH3 is 2. The van der Waals surface area contributed by atoms with E-state index in [0.717, 1.165) is 5.56 Å². The molecular formula is C15H23NO4. The highest BCUT2D eigenvalue weighted by Gasteiger charge is 2.12. The maximum atomic E-state index is 11.7. The van der Waals surface area contributed by atoms with E-state index in [0.29, 0.717) is 30.8 Å².